The van der Waals surface area contributed by atoms with E-state index < -0.39 is 25.1 Å². The van der Waals surface area contributed by atoms with Gasteiger partial charge in [0.1, 0.15) is 5.75 Å². The molecule has 1 aliphatic heterocycles. The van der Waals surface area contributed by atoms with Crippen LogP contribution in [0.1, 0.15) is 19.4 Å². The molecule has 0 atom stereocenters. The third kappa shape index (κ3) is 6.77. The van der Waals surface area contributed by atoms with Gasteiger partial charge in [0.05, 0.1) is 17.7 Å². The maximum Gasteiger partial charge on any atom is 0.274 e. The van der Waals surface area contributed by atoms with Crippen molar-refractivity contribution in [2.75, 3.05) is 44.7 Å². The number of fused-ring (bicyclic) bond motifs is 1. The van der Waals surface area contributed by atoms with E-state index in [0.717, 1.165) is 20.8 Å². The van der Waals surface area contributed by atoms with Gasteiger partial charge in [0, 0.05) is 42.6 Å². The second-order valence-electron chi connectivity index (χ2n) is 9.99. The van der Waals surface area contributed by atoms with Crippen molar-refractivity contribution < 1.29 is 17.9 Å². The highest BCUT2D eigenvalue weighted by molar-refractivity contribution is 9.10. The largest absolute Gasteiger partial charge is 0.495 e. The van der Waals surface area contributed by atoms with E-state index in [0.29, 0.717) is 37.6 Å². The molecule has 3 aromatic carbocycles. The van der Waals surface area contributed by atoms with Crippen LogP contribution in [0.2, 0.25) is 0 Å². The standard InChI is InChI=1S/C27H29BrCl3N3O4S/c1-26(2,22-6-4-5-18-7-8-19(28)15-21(18)22)17-32-39(36,37)20-9-10-24(38-3)23(16-20)33-11-13-34(14-12-33)25(35)27(29,30)31/h4-10,15-16,32H,11-14,17H2,1-3H3. The number of carbonyl (C=O) groups is 1. The lowest BCUT2D eigenvalue weighted by Gasteiger charge is -2.37. The summed E-state index contributed by atoms with van der Waals surface area (Å²) in [7, 11) is -2.32. The number of nitrogens with zero attached hydrogens (tertiary/aromatic N) is 2. The number of anilines is 1. The van der Waals surface area contributed by atoms with E-state index in [1.54, 1.807) is 12.1 Å². The summed E-state index contributed by atoms with van der Waals surface area (Å²) in [5, 5.41) is 2.15. The summed E-state index contributed by atoms with van der Waals surface area (Å²) in [5.41, 5.74) is 1.16. The zero-order chi connectivity index (χ0) is 28.6. The first kappa shape index (κ1) is 30.2. The Kier molecular flexibility index (Phi) is 9.01. The quantitative estimate of drug-likeness (QED) is 0.316. The monoisotopic (exact) mass is 675 g/mol. The van der Waals surface area contributed by atoms with Crippen LogP contribution >= 0.6 is 50.7 Å². The molecule has 0 saturated carbocycles. The Balaban J connectivity index is 1.54. The second-order valence-corrected chi connectivity index (χ2v) is 15.0. The van der Waals surface area contributed by atoms with E-state index in [1.807, 2.05) is 49.1 Å². The minimum absolute atomic E-state index is 0.120. The Labute approximate surface area is 252 Å². The van der Waals surface area contributed by atoms with Crippen LogP contribution in [0, 0.1) is 0 Å². The molecular formula is C27H29BrCl3N3O4S. The van der Waals surface area contributed by atoms with Crippen LogP contribution in [0.25, 0.3) is 10.8 Å². The van der Waals surface area contributed by atoms with Crippen LogP contribution < -0.4 is 14.4 Å². The van der Waals surface area contributed by atoms with Gasteiger partial charge in [-0.2, -0.15) is 0 Å². The van der Waals surface area contributed by atoms with Crippen molar-refractivity contribution in [3.05, 3.63) is 64.6 Å². The minimum Gasteiger partial charge on any atom is -0.495 e. The number of alkyl halides is 3. The normalized spacial score (nSPS) is 15.1. The maximum atomic E-state index is 13.4. The van der Waals surface area contributed by atoms with Crippen molar-refractivity contribution in [2.24, 2.45) is 0 Å². The summed E-state index contributed by atoms with van der Waals surface area (Å²) in [6, 6.07) is 16.9. The number of amides is 1. The van der Waals surface area contributed by atoms with E-state index in [9.17, 15) is 13.2 Å². The summed E-state index contributed by atoms with van der Waals surface area (Å²) >= 11 is 20.8. The van der Waals surface area contributed by atoms with Crippen molar-refractivity contribution in [2.45, 2.75) is 28.0 Å². The molecule has 3 aromatic rings. The number of hydrogen-bond donors (Lipinski definition) is 1. The Hall–Kier alpha value is -1.75. The molecule has 1 N–H and O–H groups in total. The minimum atomic E-state index is -3.85. The number of piperazine rings is 1. The van der Waals surface area contributed by atoms with E-state index >= 15 is 0 Å². The Morgan fingerprint density at radius 1 is 1.03 bits per heavy atom. The van der Waals surface area contributed by atoms with Gasteiger partial charge in [-0.15, -0.1) is 0 Å². The van der Waals surface area contributed by atoms with Crippen LogP contribution in [-0.4, -0.2) is 62.9 Å². The molecule has 1 heterocycles. The topological polar surface area (TPSA) is 79.0 Å². The van der Waals surface area contributed by atoms with Gasteiger partial charge in [0.15, 0.2) is 0 Å². The smallest absolute Gasteiger partial charge is 0.274 e. The van der Waals surface area contributed by atoms with Crippen molar-refractivity contribution in [3.63, 3.8) is 0 Å². The summed E-state index contributed by atoms with van der Waals surface area (Å²) in [6.07, 6.45) is 0. The SMILES string of the molecule is COc1ccc(S(=O)(=O)NCC(C)(C)c2cccc3ccc(Br)cc23)cc1N1CCN(C(=O)C(Cl)(Cl)Cl)CC1. The van der Waals surface area contributed by atoms with Gasteiger partial charge in [-0.25, -0.2) is 13.1 Å². The van der Waals surface area contributed by atoms with Gasteiger partial charge in [-0.3, -0.25) is 4.79 Å². The summed E-state index contributed by atoms with van der Waals surface area (Å²) in [5.74, 6) is -0.0578. The van der Waals surface area contributed by atoms with Crippen LogP contribution in [0.4, 0.5) is 5.69 Å². The highest BCUT2D eigenvalue weighted by Crippen LogP contribution is 2.35. The Morgan fingerprint density at radius 3 is 2.36 bits per heavy atom. The molecule has 1 saturated heterocycles. The Morgan fingerprint density at radius 2 is 1.72 bits per heavy atom. The predicted octanol–water partition coefficient (Wildman–Crippen LogP) is 5.89. The summed E-state index contributed by atoms with van der Waals surface area (Å²) in [4.78, 5) is 15.9. The molecule has 7 nitrogen and oxygen atoms in total. The van der Waals surface area contributed by atoms with Crippen LogP contribution in [-0.2, 0) is 20.2 Å². The maximum absolute atomic E-state index is 13.4. The highest BCUT2D eigenvalue weighted by atomic mass is 79.9. The van der Waals surface area contributed by atoms with Gasteiger partial charge >= 0.3 is 0 Å². The van der Waals surface area contributed by atoms with E-state index in [-0.39, 0.29) is 11.4 Å². The number of benzene rings is 3. The van der Waals surface area contributed by atoms with Crippen LogP contribution in [0.15, 0.2) is 64.0 Å². The summed E-state index contributed by atoms with van der Waals surface area (Å²) < 4.78 is 34.1. The first-order valence-electron chi connectivity index (χ1n) is 12.2. The highest BCUT2D eigenvalue weighted by Gasteiger charge is 2.37. The van der Waals surface area contributed by atoms with Gasteiger partial charge in [0.25, 0.3) is 9.70 Å². The lowest BCUT2D eigenvalue weighted by molar-refractivity contribution is -0.130. The molecular weight excluding hydrogens is 649 g/mol. The predicted molar refractivity (Wildman–Crippen MR) is 162 cm³/mol. The number of sulfonamides is 1. The lowest BCUT2D eigenvalue weighted by atomic mass is 9.82. The Bertz CT molecular complexity index is 1490. The van der Waals surface area contributed by atoms with Crippen LogP contribution in [0.5, 0.6) is 5.75 Å². The third-order valence-electron chi connectivity index (χ3n) is 6.89. The third-order valence-corrected chi connectivity index (χ3v) is 9.27. The zero-order valence-corrected chi connectivity index (χ0v) is 26.3. The summed E-state index contributed by atoms with van der Waals surface area (Å²) in [6.45, 7) is 5.71. The lowest BCUT2D eigenvalue weighted by Crippen LogP contribution is -2.51. The molecule has 1 amide bonds. The van der Waals surface area contributed by atoms with Crippen molar-refractivity contribution >= 4 is 83.1 Å². The second kappa shape index (κ2) is 11.6. The molecule has 1 aliphatic rings. The van der Waals surface area contributed by atoms with Crippen molar-refractivity contribution in [1.82, 2.24) is 9.62 Å². The van der Waals surface area contributed by atoms with Gasteiger partial charge in [0.2, 0.25) is 10.0 Å². The molecule has 210 valence electrons. The van der Waals surface area contributed by atoms with E-state index in [2.05, 4.69) is 26.7 Å². The number of halogens is 4. The zero-order valence-electron chi connectivity index (χ0n) is 21.7. The number of methoxy groups -OCH3 is 1. The number of carbonyl (C=O) groups excluding carboxylic acids is 1. The van der Waals surface area contributed by atoms with Gasteiger partial charge in [-0.05, 0) is 46.7 Å². The molecule has 1 fully saturated rings. The molecule has 0 unspecified atom stereocenters. The first-order chi connectivity index (χ1) is 18.2. The van der Waals surface area contributed by atoms with Gasteiger partial charge < -0.3 is 14.5 Å². The van der Waals surface area contributed by atoms with Gasteiger partial charge in [-0.1, -0.05) is 88.8 Å². The molecule has 0 spiro atoms. The number of rotatable bonds is 7. The molecule has 12 heteroatoms. The number of ether oxygens (including phenoxy) is 1. The fourth-order valence-electron chi connectivity index (χ4n) is 4.70. The number of hydrogen-bond acceptors (Lipinski definition) is 5. The molecule has 0 radical (unpaired) electrons. The van der Waals surface area contributed by atoms with Crippen molar-refractivity contribution in [3.8, 4) is 5.75 Å². The number of nitrogens with one attached hydrogen (secondary N) is 1. The average Bonchev–Trinajstić information content (AvgIpc) is 2.90. The molecule has 39 heavy (non-hydrogen) atoms. The van der Waals surface area contributed by atoms with Crippen molar-refractivity contribution in [1.29, 1.82) is 0 Å². The molecule has 4 rings (SSSR count). The molecule has 0 aliphatic carbocycles. The average molecular weight is 678 g/mol. The first-order valence-corrected chi connectivity index (χ1v) is 15.6. The van der Waals surface area contributed by atoms with E-state index in [1.165, 1.54) is 18.1 Å². The van der Waals surface area contributed by atoms with Crippen LogP contribution in [0.3, 0.4) is 0 Å². The van der Waals surface area contributed by atoms with E-state index in [4.69, 9.17) is 39.5 Å². The molecule has 0 aromatic heterocycles. The molecule has 0 bridgehead atoms. The fourth-order valence-corrected chi connectivity index (χ4v) is 6.65. The fraction of sp³-hybridized carbons (Fsp3) is 0.370.